The van der Waals surface area contributed by atoms with Crippen molar-refractivity contribution < 1.29 is 14.8 Å². The summed E-state index contributed by atoms with van der Waals surface area (Å²) in [7, 11) is 1.79. The molecule has 1 unspecified atom stereocenters. The maximum atomic E-state index is 11.7. The maximum Gasteiger partial charge on any atom is 0.133 e. The van der Waals surface area contributed by atoms with E-state index in [1.807, 2.05) is 19.9 Å². The minimum absolute atomic E-state index is 0.0617. The summed E-state index contributed by atoms with van der Waals surface area (Å²) in [4.78, 5) is 14.0. The Balaban J connectivity index is 0.00000537. The van der Waals surface area contributed by atoms with Gasteiger partial charge in [-0.15, -0.1) is 0 Å². The zero-order valence-corrected chi connectivity index (χ0v) is 42.0. The van der Waals surface area contributed by atoms with E-state index in [1.54, 1.807) is 7.11 Å². The average Bonchev–Trinajstić information content (AvgIpc) is 3.54. The van der Waals surface area contributed by atoms with Gasteiger partial charge in [0.25, 0.3) is 0 Å². The van der Waals surface area contributed by atoms with Crippen LogP contribution < -0.4 is 15.0 Å². The summed E-state index contributed by atoms with van der Waals surface area (Å²) in [6.07, 6.45) is 38.0. The molecule has 0 aromatic heterocycles. The predicted molar refractivity (Wildman–Crippen MR) is 277 cm³/mol. The monoisotopic (exact) mass is 873 g/mol. The van der Waals surface area contributed by atoms with Crippen molar-refractivity contribution in [3.8, 4) is 11.8 Å². The lowest BCUT2D eigenvalue weighted by atomic mass is 9.69. The van der Waals surface area contributed by atoms with Crippen molar-refractivity contribution in [2.75, 3.05) is 25.1 Å². The number of carbonyl (C=O) groups excluding carboxylic acids is 1. The number of quaternary nitrogens is 1. The van der Waals surface area contributed by atoms with Gasteiger partial charge in [0.05, 0.1) is 25.3 Å². The molecule has 0 aliphatic carbocycles. The lowest BCUT2D eigenvalue weighted by Gasteiger charge is -2.35. The normalized spacial score (nSPS) is 15.0. The number of ether oxygens (including phenoxy) is 1. The average molecular weight is 873 g/mol. The Labute approximate surface area is 392 Å². The van der Waals surface area contributed by atoms with Crippen LogP contribution in [0.1, 0.15) is 207 Å². The molecule has 4 rings (SSSR count). The number of carbonyl (C=O) groups is 1. The number of hydrogen-bond acceptors (Lipinski definition) is 4. The van der Waals surface area contributed by atoms with E-state index in [0.717, 1.165) is 55.6 Å². The van der Waals surface area contributed by atoms with Gasteiger partial charge in [0.2, 0.25) is 0 Å². The molecule has 1 heterocycles. The summed E-state index contributed by atoms with van der Waals surface area (Å²) in [5.74, 6) is 0.928. The van der Waals surface area contributed by atoms with Gasteiger partial charge in [0.1, 0.15) is 17.7 Å². The molecule has 3 aromatic rings. The number of unbranched alkanes of at least 4 members (excludes halogenated alkanes) is 16. The van der Waals surface area contributed by atoms with Crippen molar-refractivity contribution in [3.63, 3.8) is 0 Å². The van der Waals surface area contributed by atoms with Crippen molar-refractivity contribution in [3.05, 3.63) is 101 Å². The second kappa shape index (κ2) is 30.9. The molecule has 1 atom stereocenters. The van der Waals surface area contributed by atoms with Crippen LogP contribution in [-0.4, -0.2) is 26.5 Å². The van der Waals surface area contributed by atoms with Gasteiger partial charge in [-0.05, 0) is 78.4 Å². The zero-order chi connectivity index (χ0) is 46.5. The first-order valence-electron chi connectivity index (χ1n) is 26.0. The molecule has 64 heavy (non-hydrogen) atoms. The van der Waals surface area contributed by atoms with Gasteiger partial charge in [-0.3, -0.25) is 0 Å². The fourth-order valence-corrected chi connectivity index (χ4v) is 10.0. The molecule has 0 saturated carbocycles. The number of anilines is 1. The molecule has 1 aliphatic rings. The van der Waals surface area contributed by atoms with Gasteiger partial charge in [-0.2, -0.15) is 5.26 Å². The summed E-state index contributed by atoms with van der Waals surface area (Å²) in [5.41, 5.74) is 6.59. The van der Waals surface area contributed by atoms with Crippen LogP contribution in [0, 0.1) is 11.3 Å². The molecule has 3 aromatic carbocycles. The van der Waals surface area contributed by atoms with Crippen molar-refractivity contribution in [2.24, 2.45) is 0 Å². The highest BCUT2D eigenvalue weighted by Crippen LogP contribution is 2.51. The topological polar surface area (TPSA) is 69.9 Å². The number of rotatable bonds is 32. The van der Waals surface area contributed by atoms with Crippen LogP contribution in [0.3, 0.4) is 0 Å². The first-order valence-corrected chi connectivity index (χ1v) is 26.0. The third-order valence-corrected chi connectivity index (χ3v) is 13.6. The molecule has 0 amide bonds. The molecule has 5 heteroatoms. The van der Waals surface area contributed by atoms with Crippen molar-refractivity contribution in [2.45, 2.75) is 207 Å². The molecule has 1 aliphatic heterocycles. The molecule has 5 nitrogen and oxygen atoms in total. The van der Waals surface area contributed by atoms with Crippen molar-refractivity contribution in [1.29, 1.82) is 5.26 Å². The fraction of sp³-hybridized carbons (Fsp3) is 0.593. The molecular formula is C59H90N3O2+. The highest BCUT2D eigenvalue weighted by Gasteiger charge is 2.41. The highest BCUT2D eigenvalue weighted by atomic mass is 16.5. The minimum atomic E-state index is -0.308. The van der Waals surface area contributed by atoms with Crippen LogP contribution in [-0.2, 0) is 15.6 Å². The largest absolute Gasteiger partial charge is 0.497 e. The predicted octanol–water partition coefficient (Wildman–Crippen LogP) is 16.2. The molecule has 0 fully saturated rings. The highest BCUT2D eigenvalue weighted by molar-refractivity contribution is 5.95. The number of allylic oxidation sites excluding steroid dienone is 6. The number of hydrogen-bond donors (Lipinski definition) is 1. The Morgan fingerprint density at radius 2 is 1.38 bits per heavy atom. The third kappa shape index (κ3) is 16.4. The molecule has 0 radical (unpaired) electrons. The Hall–Kier alpha value is -4.14. The smallest absolute Gasteiger partial charge is 0.133 e. The Kier molecular flexibility index (Phi) is 26.2. The fourth-order valence-electron chi connectivity index (χ4n) is 10.0. The summed E-state index contributed by atoms with van der Waals surface area (Å²) < 4.78 is 5.93. The van der Waals surface area contributed by atoms with E-state index < -0.39 is 0 Å². The van der Waals surface area contributed by atoms with E-state index in [0.29, 0.717) is 18.5 Å². The molecule has 0 spiro atoms. The number of fused-ring (bicyclic) bond motifs is 3. The molecule has 2 N–H and O–H groups in total. The van der Waals surface area contributed by atoms with Crippen LogP contribution in [0.25, 0.3) is 10.8 Å². The van der Waals surface area contributed by atoms with E-state index in [2.05, 4.69) is 124 Å². The first-order chi connectivity index (χ1) is 31.3. The minimum Gasteiger partial charge on any atom is -0.497 e. The third-order valence-electron chi connectivity index (χ3n) is 13.6. The number of benzene rings is 3. The molecule has 352 valence electrons. The van der Waals surface area contributed by atoms with E-state index in [4.69, 9.17) is 4.74 Å². The SMILES string of the molecule is CC.CCCCCCCCCCCCC(C/C=C/C(C#N)=C/C=C1/N(CCC=O)c2ccc3ccccc3c2C1(C)C)(CCCCCCCCCC)c1cc(OC)ccc1[NH2+]CCC. The van der Waals surface area contributed by atoms with E-state index in [9.17, 15) is 10.1 Å². The summed E-state index contributed by atoms with van der Waals surface area (Å²) >= 11 is 0. The van der Waals surface area contributed by atoms with Crippen LogP contribution in [0.4, 0.5) is 11.4 Å². The summed E-state index contributed by atoms with van der Waals surface area (Å²) in [6, 6.07) is 22.3. The summed E-state index contributed by atoms with van der Waals surface area (Å²) in [5, 5.41) is 15.5. The van der Waals surface area contributed by atoms with Gasteiger partial charge in [0, 0.05) is 46.8 Å². The Bertz CT molecular complexity index is 1910. The second-order valence-corrected chi connectivity index (χ2v) is 18.7. The van der Waals surface area contributed by atoms with Crippen molar-refractivity contribution >= 4 is 28.4 Å². The van der Waals surface area contributed by atoms with Crippen LogP contribution in [0.2, 0.25) is 0 Å². The van der Waals surface area contributed by atoms with Gasteiger partial charge in [-0.25, -0.2) is 0 Å². The van der Waals surface area contributed by atoms with Gasteiger partial charge >= 0.3 is 0 Å². The number of nitrogens with two attached hydrogens (primary N) is 1. The van der Waals surface area contributed by atoms with Gasteiger partial charge < -0.3 is 19.7 Å². The second-order valence-electron chi connectivity index (χ2n) is 18.7. The maximum absolute atomic E-state index is 11.7. The molecule has 0 saturated heterocycles. The van der Waals surface area contributed by atoms with Gasteiger partial charge in [-0.1, -0.05) is 200 Å². The standard InChI is InChI=1S/C57H83N3O2.C2H6/c1-7-10-12-14-16-18-19-21-23-27-40-57(39-26-22-20-17-15-13-11-8-2,51-45-49(62-6)35-36-52(51)59-42-9-3)41-28-30-47(46-58)33-38-54-56(4,5)55-50-32-25-24-31-48(50)34-37-53(55)60(54)43-29-44-61;1-2/h24-25,28,30-38,44-45,59H,7-23,26-27,29,39-43H2,1-6H3;1-2H3/p+1/b30-28+,47-33-,54-38+;. The Morgan fingerprint density at radius 3 is 1.94 bits per heavy atom. The number of nitriles is 1. The van der Waals surface area contributed by atoms with E-state index >= 15 is 0 Å². The van der Waals surface area contributed by atoms with E-state index in [-0.39, 0.29) is 10.8 Å². The van der Waals surface area contributed by atoms with Gasteiger partial charge in [0.15, 0.2) is 0 Å². The summed E-state index contributed by atoms with van der Waals surface area (Å²) in [6.45, 7) is 17.1. The number of aldehydes is 1. The van der Waals surface area contributed by atoms with Crippen LogP contribution in [0.5, 0.6) is 5.75 Å². The first kappa shape index (κ1) is 54.2. The van der Waals surface area contributed by atoms with Crippen LogP contribution in [0.15, 0.2) is 90.2 Å². The quantitative estimate of drug-likeness (QED) is 0.0223. The lowest BCUT2D eigenvalue weighted by Crippen LogP contribution is -2.78. The Morgan fingerprint density at radius 1 is 0.781 bits per heavy atom. The zero-order valence-electron chi connectivity index (χ0n) is 42.0. The van der Waals surface area contributed by atoms with Crippen molar-refractivity contribution in [1.82, 2.24) is 0 Å². The lowest BCUT2D eigenvalue weighted by molar-refractivity contribution is -0.572. The van der Waals surface area contributed by atoms with Crippen LogP contribution >= 0.6 is 0 Å². The molecular weight excluding hydrogens is 783 g/mol. The number of nitrogens with zero attached hydrogens (tertiary/aromatic N) is 2. The van der Waals surface area contributed by atoms with E-state index in [1.165, 1.54) is 143 Å². The number of methoxy groups -OCH3 is 1. The molecule has 0 bridgehead atoms.